The Kier molecular flexibility index (Phi) is 3.52. The van der Waals surface area contributed by atoms with Crippen LogP contribution in [0.4, 0.5) is 0 Å². The molecule has 1 rings (SSSR count). The fraction of sp³-hybridized carbons (Fsp3) is 0.769. The Labute approximate surface area is 87.6 Å². The molecule has 0 aromatic heterocycles. The van der Waals surface area contributed by atoms with Gasteiger partial charge in [0.1, 0.15) is 5.78 Å². The summed E-state index contributed by atoms with van der Waals surface area (Å²) in [5.41, 5.74) is -0.0680. The second kappa shape index (κ2) is 4.29. The molecule has 0 aliphatic heterocycles. The van der Waals surface area contributed by atoms with Gasteiger partial charge in [-0.05, 0) is 32.1 Å². The average molecular weight is 194 g/mol. The minimum Gasteiger partial charge on any atom is -0.299 e. The number of ketones is 1. The van der Waals surface area contributed by atoms with Crippen LogP contribution in [0.25, 0.3) is 0 Å². The highest BCUT2D eigenvalue weighted by molar-refractivity contribution is 5.89. The van der Waals surface area contributed by atoms with E-state index in [-0.39, 0.29) is 5.41 Å². The first-order valence-corrected chi connectivity index (χ1v) is 5.67. The molecule has 1 heteroatoms. The van der Waals surface area contributed by atoms with Gasteiger partial charge < -0.3 is 0 Å². The van der Waals surface area contributed by atoms with E-state index in [0.29, 0.717) is 17.6 Å². The van der Waals surface area contributed by atoms with Gasteiger partial charge in [0, 0.05) is 11.3 Å². The van der Waals surface area contributed by atoms with E-state index in [4.69, 9.17) is 0 Å². The zero-order chi connectivity index (χ0) is 10.8. The van der Waals surface area contributed by atoms with Crippen LogP contribution in [0.3, 0.4) is 0 Å². The molecule has 0 amide bonds. The fourth-order valence-electron chi connectivity index (χ4n) is 2.39. The minimum absolute atomic E-state index is 0.0680. The van der Waals surface area contributed by atoms with Crippen LogP contribution >= 0.6 is 0 Å². The lowest BCUT2D eigenvalue weighted by Crippen LogP contribution is -2.26. The van der Waals surface area contributed by atoms with Crippen LogP contribution in [0.15, 0.2) is 12.2 Å². The number of carbonyl (C=O) groups excluding carboxylic acids is 1. The van der Waals surface area contributed by atoms with Gasteiger partial charge in [-0.25, -0.2) is 0 Å². The average Bonchev–Trinajstić information content (AvgIpc) is 2.41. The molecule has 0 spiro atoms. The van der Waals surface area contributed by atoms with Crippen LogP contribution in [0.2, 0.25) is 0 Å². The lowest BCUT2D eigenvalue weighted by Gasteiger charge is -2.21. The lowest BCUT2D eigenvalue weighted by molar-refractivity contribution is -0.129. The Morgan fingerprint density at radius 3 is 2.64 bits per heavy atom. The van der Waals surface area contributed by atoms with Crippen LogP contribution in [0.5, 0.6) is 0 Å². The molecule has 0 aromatic carbocycles. The molecule has 1 saturated carbocycles. The summed E-state index contributed by atoms with van der Waals surface area (Å²) in [5.74, 6) is 1.31. The molecule has 2 atom stereocenters. The number of rotatable bonds is 3. The lowest BCUT2D eigenvalue weighted by atomic mass is 9.81. The van der Waals surface area contributed by atoms with Crippen LogP contribution in [-0.2, 0) is 4.79 Å². The first kappa shape index (κ1) is 11.5. The third-order valence-corrected chi connectivity index (χ3v) is 3.55. The Bertz CT molecular complexity index is 240. The van der Waals surface area contributed by atoms with E-state index < -0.39 is 0 Å². The smallest absolute Gasteiger partial charge is 0.142 e. The van der Waals surface area contributed by atoms with Crippen LogP contribution in [-0.4, -0.2) is 5.78 Å². The van der Waals surface area contributed by atoms with E-state index in [1.807, 2.05) is 13.0 Å². The van der Waals surface area contributed by atoms with Gasteiger partial charge in [-0.3, -0.25) is 4.79 Å². The zero-order valence-corrected chi connectivity index (χ0v) is 9.84. The maximum Gasteiger partial charge on any atom is 0.142 e. The summed E-state index contributed by atoms with van der Waals surface area (Å²) >= 11 is 0. The number of allylic oxidation sites excluding steroid dienone is 2. The SMILES string of the molecule is C/C=C/CC1(C)CCC(C(C)C)C1=O. The molecule has 1 fully saturated rings. The zero-order valence-electron chi connectivity index (χ0n) is 9.84. The summed E-state index contributed by atoms with van der Waals surface area (Å²) < 4.78 is 0. The van der Waals surface area contributed by atoms with E-state index in [2.05, 4.69) is 26.8 Å². The first-order chi connectivity index (χ1) is 6.51. The van der Waals surface area contributed by atoms with Crippen LogP contribution in [0.1, 0.15) is 47.0 Å². The molecule has 0 bridgehead atoms. The van der Waals surface area contributed by atoms with Crippen LogP contribution in [0, 0.1) is 17.3 Å². The predicted octanol–water partition coefficient (Wildman–Crippen LogP) is 3.59. The van der Waals surface area contributed by atoms with Crippen molar-refractivity contribution in [2.45, 2.75) is 47.0 Å². The Morgan fingerprint density at radius 2 is 2.21 bits per heavy atom. The molecular formula is C13H22O. The van der Waals surface area contributed by atoms with Gasteiger partial charge in [-0.1, -0.05) is 32.9 Å². The Balaban J connectivity index is 2.70. The number of Topliss-reactive ketones (excluding diaryl/α,β-unsaturated/α-hetero) is 1. The van der Waals surface area contributed by atoms with E-state index in [9.17, 15) is 4.79 Å². The van der Waals surface area contributed by atoms with Crippen molar-refractivity contribution >= 4 is 5.78 Å². The van der Waals surface area contributed by atoms with Gasteiger partial charge in [0.2, 0.25) is 0 Å². The van der Waals surface area contributed by atoms with Gasteiger partial charge >= 0.3 is 0 Å². The number of hydrogen-bond donors (Lipinski definition) is 0. The summed E-state index contributed by atoms with van der Waals surface area (Å²) in [7, 11) is 0. The normalized spacial score (nSPS) is 33.5. The minimum atomic E-state index is -0.0680. The third kappa shape index (κ3) is 2.08. The Hall–Kier alpha value is -0.590. The molecule has 0 radical (unpaired) electrons. The first-order valence-electron chi connectivity index (χ1n) is 5.67. The van der Waals surface area contributed by atoms with Crippen molar-refractivity contribution in [3.05, 3.63) is 12.2 Å². The third-order valence-electron chi connectivity index (χ3n) is 3.55. The fourth-order valence-corrected chi connectivity index (χ4v) is 2.39. The maximum atomic E-state index is 12.1. The second-order valence-corrected chi connectivity index (χ2v) is 5.09. The molecule has 14 heavy (non-hydrogen) atoms. The van der Waals surface area contributed by atoms with E-state index in [1.54, 1.807) is 0 Å². The second-order valence-electron chi connectivity index (χ2n) is 5.09. The van der Waals surface area contributed by atoms with E-state index in [1.165, 1.54) is 0 Å². The maximum absolute atomic E-state index is 12.1. The molecule has 80 valence electrons. The molecule has 1 aliphatic rings. The molecule has 2 unspecified atom stereocenters. The van der Waals surface area contributed by atoms with Gasteiger partial charge in [-0.2, -0.15) is 0 Å². The highest BCUT2D eigenvalue weighted by Crippen LogP contribution is 2.43. The van der Waals surface area contributed by atoms with Crippen molar-refractivity contribution in [2.24, 2.45) is 17.3 Å². The highest BCUT2D eigenvalue weighted by atomic mass is 16.1. The summed E-state index contributed by atoms with van der Waals surface area (Å²) in [6, 6.07) is 0. The van der Waals surface area contributed by atoms with Gasteiger partial charge in [-0.15, -0.1) is 0 Å². The standard InChI is InChI=1S/C13H22O/c1-5-6-8-13(4)9-7-11(10(2)3)12(13)14/h5-6,10-11H,7-9H2,1-4H3/b6-5+. The van der Waals surface area contributed by atoms with Crippen molar-refractivity contribution in [3.63, 3.8) is 0 Å². The van der Waals surface area contributed by atoms with Gasteiger partial charge in [0.25, 0.3) is 0 Å². The molecule has 0 aromatic rings. The largest absolute Gasteiger partial charge is 0.299 e. The number of hydrogen-bond acceptors (Lipinski definition) is 1. The summed E-state index contributed by atoms with van der Waals surface area (Å²) in [6.45, 7) is 8.45. The van der Waals surface area contributed by atoms with Crippen molar-refractivity contribution < 1.29 is 4.79 Å². The molecule has 1 aliphatic carbocycles. The van der Waals surface area contributed by atoms with Crippen molar-refractivity contribution in [1.82, 2.24) is 0 Å². The molecule has 0 N–H and O–H groups in total. The summed E-state index contributed by atoms with van der Waals surface area (Å²) in [6.07, 6.45) is 7.25. The molecule has 0 saturated heterocycles. The van der Waals surface area contributed by atoms with Crippen molar-refractivity contribution in [2.75, 3.05) is 0 Å². The molecule has 1 nitrogen and oxygen atoms in total. The van der Waals surface area contributed by atoms with Gasteiger partial charge in [0.15, 0.2) is 0 Å². The summed E-state index contributed by atoms with van der Waals surface area (Å²) in [5, 5.41) is 0. The van der Waals surface area contributed by atoms with Crippen molar-refractivity contribution in [1.29, 1.82) is 0 Å². The van der Waals surface area contributed by atoms with Crippen molar-refractivity contribution in [3.8, 4) is 0 Å². The topological polar surface area (TPSA) is 17.1 Å². The predicted molar refractivity (Wildman–Crippen MR) is 60.1 cm³/mol. The highest BCUT2D eigenvalue weighted by Gasteiger charge is 2.43. The quantitative estimate of drug-likeness (QED) is 0.627. The molecular weight excluding hydrogens is 172 g/mol. The Morgan fingerprint density at radius 1 is 1.57 bits per heavy atom. The van der Waals surface area contributed by atoms with E-state index in [0.717, 1.165) is 19.3 Å². The molecule has 0 heterocycles. The van der Waals surface area contributed by atoms with Crippen LogP contribution < -0.4 is 0 Å². The summed E-state index contributed by atoms with van der Waals surface area (Å²) in [4.78, 5) is 12.1. The monoisotopic (exact) mass is 194 g/mol. The van der Waals surface area contributed by atoms with E-state index >= 15 is 0 Å². The number of carbonyl (C=O) groups is 1. The van der Waals surface area contributed by atoms with Gasteiger partial charge in [0.05, 0.1) is 0 Å².